The van der Waals surface area contributed by atoms with Gasteiger partial charge in [-0.25, -0.2) is 0 Å². The van der Waals surface area contributed by atoms with Crippen molar-refractivity contribution in [2.75, 3.05) is 4.90 Å². The van der Waals surface area contributed by atoms with Crippen molar-refractivity contribution in [1.29, 1.82) is 0 Å². The SMILES string of the molecule is Cc1ccc(O)c(N(c2ccccc2)c2cc(Cl)ccc2Cl)c1. The minimum atomic E-state index is 0.176. The van der Waals surface area contributed by atoms with Gasteiger partial charge in [-0.3, -0.25) is 0 Å². The van der Waals surface area contributed by atoms with Gasteiger partial charge in [0.05, 0.1) is 16.4 Å². The highest BCUT2D eigenvalue weighted by molar-refractivity contribution is 6.35. The van der Waals surface area contributed by atoms with Crippen LogP contribution in [0, 0.1) is 6.92 Å². The standard InChI is InChI=1S/C19H15Cl2NO/c1-13-7-10-19(23)18(11-13)22(15-5-3-2-4-6-15)17-12-14(20)8-9-16(17)21/h2-12,23H,1H3. The molecule has 0 fully saturated rings. The first-order valence-electron chi connectivity index (χ1n) is 7.16. The van der Waals surface area contributed by atoms with Crippen LogP contribution in [-0.2, 0) is 0 Å². The zero-order valence-electron chi connectivity index (χ0n) is 12.5. The van der Waals surface area contributed by atoms with E-state index in [1.165, 1.54) is 0 Å². The number of aryl methyl sites for hydroxylation is 1. The second kappa shape index (κ2) is 6.53. The van der Waals surface area contributed by atoms with E-state index in [1.807, 2.05) is 54.3 Å². The molecule has 3 aromatic carbocycles. The molecule has 3 rings (SSSR count). The van der Waals surface area contributed by atoms with Crippen LogP contribution >= 0.6 is 23.2 Å². The molecule has 0 aliphatic rings. The van der Waals surface area contributed by atoms with Crippen LogP contribution < -0.4 is 4.90 Å². The predicted octanol–water partition coefficient (Wildman–Crippen LogP) is 6.48. The number of hydrogen-bond acceptors (Lipinski definition) is 2. The Hall–Kier alpha value is -2.16. The van der Waals surface area contributed by atoms with Crippen molar-refractivity contribution in [3.05, 3.63) is 82.3 Å². The highest BCUT2D eigenvalue weighted by atomic mass is 35.5. The Balaban J connectivity index is 2.27. The molecule has 0 heterocycles. The maximum Gasteiger partial charge on any atom is 0.139 e. The molecule has 0 unspecified atom stereocenters. The van der Waals surface area contributed by atoms with Crippen LogP contribution in [0.3, 0.4) is 0 Å². The number of anilines is 3. The molecule has 0 aromatic heterocycles. The van der Waals surface area contributed by atoms with Crippen molar-refractivity contribution >= 4 is 40.3 Å². The predicted molar refractivity (Wildman–Crippen MR) is 97.5 cm³/mol. The number of hydrogen-bond donors (Lipinski definition) is 1. The lowest BCUT2D eigenvalue weighted by molar-refractivity contribution is 0.476. The van der Waals surface area contributed by atoms with Crippen molar-refractivity contribution in [2.45, 2.75) is 6.92 Å². The first-order chi connectivity index (χ1) is 11.1. The highest BCUT2D eigenvalue weighted by Gasteiger charge is 2.18. The van der Waals surface area contributed by atoms with Gasteiger partial charge in [-0.1, -0.05) is 47.5 Å². The molecule has 116 valence electrons. The smallest absolute Gasteiger partial charge is 0.139 e. The summed E-state index contributed by atoms with van der Waals surface area (Å²) in [5.41, 5.74) is 3.29. The fourth-order valence-electron chi connectivity index (χ4n) is 2.45. The molecule has 4 heteroatoms. The number of phenols is 1. The van der Waals surface area contributed by atoms with Crippen LogP contribution in [-0.4, -0.2) is 5.11 Å². The average molecular weight is 344 g/mol. The molecule has 0 saturated heterocycles. The molecule has 0 amide bonds. The number of para-hydroxylation sites is 1. The van der Waals surface area contributed by atoms with Crippen molar-refractivity contribution in [3.8, 4) is 5.75 Å². The van der Waals surface area contributed by atoms with E-state index in [0.29, 0.717) is 21.4 Å². The fourth-order valence-corrected chi connectivity index (χ4v) is 2.82. The zero-order valence-corrected chi connectivity index (χ0v) is 14.0. The lowest BCUT2D eigenvalue weighted by Gasteiger charge is -2.27. The van der Waals surface area contributed by atoms with Gasteiger partial charge in [-0.2, -0.15) is 0 Å². The minimum Gasteiger partial charge on any atom is -0.506 e. The van der Waals surface area contributed by atoms with Gasteiger partial charge < -0.3 is 10.0 Å². The van der Waals surface area contributed by atoms with Gasteiger partial charge in [-0.05, 0) is 55.0 Å². The van der Waals surface area contributed by atoms with E-state index in [4.69, 9.17) is 23.2 Å². The van der Waals surface area contributed by atoms with Crippen LogP contribution in [0.2, 0.25) is 10.0 Å². The first-order valence-corrected chi connectivity index (χ1v) is 7.92. The fraction of sp³-hybridized carbons (Fsp3) is 0.0526. The molecule has 0 bridgehead atoms. The van der Waals surface area contributed by atoms with Gasteiger partial charge in [-0.15, -0.1) is 0 Å². The summed E-state index contributed by atoms with van der Waals surface area (Å²) in [6.07, 6.45) is 0. The van der Waals surface area contributed by atoms with E-state index in [1.54, 1.807) is 24.3 Å². The molecule has 0 spiro atoms. The van der Waals surface area contributed by atoms with Gasteiger partial charge in [0.2, 0.25) is 0 Å². The van der Waals surface area contributed by atoms with Gasteiger partial charge in [0.1, 0.15) is 5.75 Å². The number of aromatic hydroxyl groups is 1. The van der Waals surface area contributed by atoms with Crippen LogP contribution in [0.4, 0.5) is 17.1 Å². The van der Waals surface area contributed by atoms with E-state index in [2.05, 4.69) is 0 Å². The van der Waals surface area contributed by atoms with Crippen molar-refractivity contribution in [1.82, 2.24) is 0 Å². The Labute approximate surface area is 145 Å². The average Bonchev–Trinajstić information content (AvgIpc) is 2.55. The Morgan fingerprint density at radius 3 is 2.30 bits per heavy atom. The summed E-state index contributed by atoms with van der Waals surface area (Å²) in [6.45, 7) is 1.98. The number of phenolic OH excluding ortho intramolecular Hbond substituents is 1. The van der Waals surface area contributed by atoms with Gasteiger partial charge in [0, 0.05) is 10.7 Å². The monoisotopic (exact) mass is 343 g/mol. The molecule has 0 saturated carbocycles. The topological polar surface area (TPSA) is 23.5 Å². The Kier molecular flexibility index (Phi) is 4.46. The molecular formula is C19H15Cl2NO. The van der Waals surface area contributed by atoms with E-state index in [0.717, 1.165) is 11.3 Å². The third-order valence-corrected chi connectivity index (χ3v) is 4.09. The van der Waals surface area contributed by atoms with Gasteiger partial charge in [0.15, 0.2) is 0 Å². The summed E-state index contributed by atoms with van der Waals surface area (Å²) < 4.78 is 0. The van der Waals surface area contributed by atoms with Crippen molar-refractivity contribution < 1.29 is 5.11 Å². The first kappa shape index (κ1) is 15.7. The van der Waals surface area contributed by atoms with Crippen LogP contribution in [0.25, 0.3) is 0 Å². The third kappa shape index (κ3) is 3.29. The van der Waals surface area contributed by atoms with E-state index in [9.17, 15) is 5.11 Å². The summed E-state index contributed by atoms with van der Waals surface area (Å²) in [6, 6.07) is 20.5. The van der Waals surface area contributed by atoms with E-state index in [-0.39, 0.29) is 5.75 Å². The van der Waals surface area contributed by atoms with Gasteiger partial charge >= 0.3 is 0 Å². The molecule has 23 heavy (non-hydrogen) atoms. The maximum atomic E-state index is 10.4. The Morgan fingerprint density at radius 1 is 0.826 bits per heavy atom. The van der Waals surface area contributed by atoms with Crippen LogP contribution in [0.5, 0.6) is 5.75 Å². The van der Waals surface area contributed by atoms with Crippen LogP contribution in [0.15, 0.2) is 66.7 Å². The minimum absolute atomic E-state index is 0.176. The normalized spacial score (nSPS) is 10.6. The summed E-state index contributed by atoms with van der Waals surface area (Å²) >= 11 is 12.6. The summed E-state index contributed by atoms with van der Waals surface area (Å²) in [7, 11) is 0. The molecule has 3 aromatic rings. The second-order valence-corrected chi connectivity index (χ2v) is 6.10. The zero-order chi connectivity index (χ0) is 16.4. The Morgan fingerprint density at radius 2 is 1.57 bits per heavy atom. The summed E-state index contributed by atoms with van der Waals surface area (Å²) in [5, 5.41) is 11.5. The lowest BCUT2D eigenvalue weighted by atomic mass is 10.1. The van der Waals surface area contributed by atoms with Gasteiger partial charge in [0.25, 0.3) is 0 Å². The van der Waals surface area contributed by atoms with Crippen molar-refractivity contribution in [3.63, 3.8) is 0 Å². The quantitative estimate of drug-likeness (QED) is 0.588. The largest absolute Gasteiger partial charge is 0.506 e. The summed E-state index contributed by atoms with van der Waals surface area (Å²) in [4.78, 5) is 1.90. The third-order valence-electron chi connectivity index (χ3n) is 3.54. The number of rotatable bonds is 3. The molecule has 0 atom stereocenters. The number of benzene rings is 3. The number of nitrogens with zero attached hydrogens (tertiary/aromatic N) is 1. The Bertz CT molecular complexity index is 783. The molecule has 0 radical (unpaired) electrons. The summed E-state index contributed by atoms with van der Waals surface area (Å²) in [5.74, 6) is 0.176. The number of halogens is 2. The lowest BCUT2D eigenvalue weighted by Crippen LogP contribution is -2.11. The highest BCUT2D eigenvalue weighted by Crippen LogP contribution is 2.43. The molecule has 1 N–H and O–H groups in total. The molecule has 0 aliphatic heterocycles. The molecular weight excluding hydrogens is 329 g/mol. The van der Waals surface area contributed by atoms with Crippen LogP contribution in [0.1, 0.15) is 5.56 Å². The second-order valence-electron chi connectivity index (χ2n) is 5.26. The van der Waals surface area contributed by atoms with E-state index < -0.39 is 0 Å². The van der Waals surface area contributed by atoms with Crippen molar-refractivity contribution in [2.24, 2.45) is 0 Å². The van der Waals surface area contributed by atoms with E-state index >= 15 is 0 Å². The molecule has 0 aliphatic carbocycles. The maximum absolute atomic E-state index is 10.4. The molecule has 2 nitrogen and oxygen atoms in total.